The molecule has 0 radical (unpaired) electrons. The number of nitrogens with zero attached hydrogens (tertiary/aromatic N) is 1. The molecule has 74 valence electrons. The topological polar surface area (TPSA) is 4.36 Å². The Labute approximate surface area is 82.2 Å². The normalized spacial score (nSPS) is 13.4. The zero-order chi connectivity index (χ0) is 10.8. The Kier molecular flexibility index (Phi) is 2.85. The van der Waals surface area contributed by atoms with Gasteiger partial charge < -0.3 is 4.85 Å². The summed E-state index contributed by atoms with van der Waals surface area (Å²) in [7, 11) is 0. The predicted molar refractivity (Wildman–Crippen MR) is 50.9 cm³/mol. The van der Waals surface area contributed by atoms with E-state index in [4.69, 9.17) is 6.57 Å². The summed E-state index contributed by atoms with van der Waals surface area (Å²) in [6, 6.07) is 4.57. The lowest BCUT2D eigenvalue weighted by atomic mass is 9.94. The van der Waals surface area contributed by atoms with Crippen LogP contribution in [-0.4, -0.2) is 5.67 Å². The maximum absolute atomic E-state index is 13.5. The van der Waals surface area contributed by atoms with E-state index in [-0.39, 0.29) is 0 Å². The van der Waals surface area contributed by atoms with E-state index in [9.17, 15) is 8.78 Å². The van der Waals surface area contributed by atoms with Gasteiger partial charge in [-0.05, 0) is 26.0 Å². The van der Waals surface area contributed by atoms with E-state index in [2.05, 4.69) is 4.85 Å². The van der Waals surface area contributed by atoms with Gasteiger partial charge in [0, 0.05) is 5.56 Å². The van der Waals surface area contributed by atoms with Crippen molar-refractivity contribution in [3.63, 3.8) is 0 Å². The number of hydrogen-bond acceptors (Lipinski definition) is 0. The minimum Gasteiger partial charge on any atom is -0.305 e. The molecule has 1 unspecified atom stereocenters. The van der Waals surface area contributed by atoms with Crippen LogP contribution in [-0.2, 0) is 0 Å². The minimum absolute atomic E-state index is 0.382. The summed E-state index contributed by atoms with van der Waals surface area (Å²) in [6.07, 6.45) is 0. The second-order valence-corrected chi connectivity index (χ2v) is 3.65. The van der Waals surface area contributed by atoms with Crippen LogP contribution >= 0.6 is 0 Å². The molecule has 0 aliphatic heterocycles. The van der Waals surface area contributed by atoms with Gasteiger partial charge in [-0.2, -0.15) is 0 Å². The number of halogens is 2. The Bertz CT molecular complexity index is 360. The van der Waals surface area contributed by atoms with Crippen LogP contribution in [0.2, 0.25) is 0 Å². The zero-order valence-electron chi connectivity index (χ0n) is 8.09. The highest BCUT2D eigenvalue weighted by Gasteiger charge is 2.36. The van der Waals surface area contributed by atoms with Crippen molar-refractivity contribution in [2.75, 3.05) is 0 Å². The van der Waals surface area contributed by atoms with E-state index in [1.165, 1.54) is 32.0 Å². The predicted octanol–water partition coefficient (Wildman–Crippen LogP) is 3.53. The number of rotatable bonds is 2. The molecule has 0 spiro atoms. The van der Waals surface area contributed by atoms with E-state index in [0.29, 0.717) is 5.56 Å². The molecule has 1 atom stereocenters. The van der Waals surface area contributed by atoms with Gasteiger partial charge in [0.05, 0.1) is 0 Å². The largest absolute Gasteiger partial charge is 0.305 e. The van der Waals surface area contributed by atoms with Crippen molar-refractivity contribution in [3.05, 3.63) is 47.1 Å². The van der Waals surface area contributed by atoms with Crippen LogP contribution in [0.5, 0.6) is 0 Å². The second kappa shape index (κ2) is 3.75. The first-order chi connectivity index (χ1) is 6.45. The van der Waals surface area contributed by atoms with Crippen molar-refractivity contribution in [2.45, 2.75) is 25.6 Å². The molecule has 0 fully saturated rings. The Morgan fingerprint density at radius 1 is 1.43 bits per heavy atom. The standard InChI is InChI=1S/C11H11F2N/c1-11(2,13)10(14-3)8-5-4-6-9(12)7-8/h4-7,10H,1-2H3. The third-order valence-electron chi connectivity index (χ3n) is 1.94. The SMILES string of the molecule is [C-]#[N+]C(c1cccc(F)c1)C(C)(C)F. The monoisotopic (exact) mass is 195 g/mol. The number of alkyl halides is 1. The van der Waals surface area contributed by atoms with Crippen molar-refractivity contribution < 1.29 is 8.78 Å². The lowest BCUT2D eigenvalue weighted by molar-refractivity contribution is 0.193. The van der Waals surface area contributed by atoms with Crippen LogP contribution in [0.1, 0.15) is 25.5 Å². The third-order valence-corrected chi connectivity index (χ3v) is 1.94. The van der Waals surface area contributed by atoms with Crippen LogP contribution in [0.4, 0.5) is 8.78 Å². The highest BCUT2D eigenvalue weighted by atomic mass is 19.1. The van der Waals surface area contributed by atoms with Crippen molar-refractivity contribution in [1.29, 1.82) is 0 Å². The van der Waals surface area contributed by atoms with Gasteiger partial charge in [0.2, 0.25) is 0 Å². The van der Waals surface area contributed by atoms with Crippen LogP contribution in [0.3, 0.4) is 0 Å². The average molecular weight is 195 g/mol. The molecule has 1 rings (SSSR count). The van der Waals surface area contributed by atoms with Gasteiger partial charge in [-0.15, -0.1) is 0 Å². The first-order valence-corrected chi connectivity index (χ1v) is 4.26. The average Bonchev–Trinajstić information content (AvgIpc) is 2.02. The Hall–Kier alpha value is -1.43. The van der Waals surface area contributed by atoms with Crippen LogP contribution in [0.15, 0.2) is 24.3 Å². The highest BCUT2D eigenvalue weighted by molar-refractivity contribution is 5.25. The van der Waals surface area contributed by atoms with Crippen LogP contribution in [0.25, 0.3) is 4.85 Å². The highest BCUT2D eigenvalue weighted by Crippen LogP contribution is 2.32. The fourth-order valence-corrected chi connectivity index (χ4v) is 1.30. The lowest BCUT2D eigenvalue weighted by Gasteiger charge is -2.16. The molecule has 0 aliphatic carbocycles. The Balaban J connectivity index is 3.09. The quantitative estimate of drug-likeness (QED) is 0.636. The molecule has 0 saturated heterocycles. The maximum atomic E-state index is 13.5. The molecule has 0 aliphatic rings. The van der Waals surface area contributed by atoms with Gasteiger partial charge in [-0.3, -0.25) is 0 Å². The molecule has 0 amide bonds. The second-order valence-electron chi connectivity index (χ2n) is 3.65. The Morgan fingerprint density at radius 3 is 2.50 bits per heavy atom. The lowest BCUT2D eigenvalue weighted by Crippen LogP contribution is -2.21. The molecular weight excluding hydrogens is 184 g/mol. The van der Waals surface area contributed by atoms with Gasteiger partial charge in [-0.25, -0.2) is 15.4 Å². The molecular formula is C11H11F2N. The summed E-state index contributed by atoms with van der Waals surface area (Å²) in [5.74, 6) is -0.444. The molecule has 1 aromatic carbocycles. The Morgan fingerprint density at radius 2 is 2.07 bits per heavy atom. The molecule has 0 N–H and O–H groups in total. The molecule has 0 heterocycles. The van der Waals surface area contributed by atoms with E-state index in [1.54, 1.807) is 6.07 Å². The van der Waals surface area contributed by atoms with Crippen molar-refractivity contribution in [2.24, 2.45) is 0 Å². The fourth-order valence-electron chi connectivity index (χ4n) is 1.30. The zero-order valence-corrected chi connectivity index (χ0v) is 8.09. The van der Waals surface area contributed by atoms with Gasteiger partial charge >= 0.3 is 0 Å². The smallest absolute Gasteiger partial charge is 0.281 e. The van der Waals surface area contributed by atoms with Gasteiger partial charge in [0.25, 0.3) is 6.04 Å². The number of hydrogen-bond donors (Lipinski definition) is 0. The summed E-state index contributed by atoms with van der Waals surface area (Å²) < 4.78 is 26.4. The van der Waals surface area contributed by atoms with Crippen LogP contribution in [0, 0.1) is 12.4 Å². The first kappa shape index (κ1) is 10.6. The minimum atomic E-state index is -1.66. The molecule has 0 bridgehead atoms. The molecule has 1 aromatic rings. The molecule has 1 nitrogen and oxygen atoms in total. The summed E-state index contributed by atoms with van der Waals surface area (Å²) in [5, 5.41) is 0. The molecule has 0 saturated carbocycles. The van der Waals surface area contributed by atoms with Crippen molar-refractivity contribution in [1.82, 2.24) is 0 Å². The molecule has 14 heavy (non-hydrogen) atoms. The van der Waals surface area contributed by atoms with E-state index in [0.717, 1.165) is 0 Å². The summed E-state index contributed by atoms with van der Waals surface area (Å²) in [4.78, 5) is 3.18. The van der Waals surface area contributed by atoms with Gasteiger partial charge in [0.15, 0.2) is 5.67 Å². The molecule has 0 aromatic heterocycles. The van der Waals surface area contributed by atoms with Gasteiger partial charge in [-0.1, -0.05) is 12.1 Å². The van der Waals surface area contributed by atoms with E-state index < -0.39 is 17.5 Å². The first-order valence-electron chi connectivity index (χ1n) is 4.26. The summed E-state index contributed by atoms with van der Waals surface area (Å²) in [6.45, 7) is 9.53. The molecule has 3 heteroatoms. The van der Waals surface area contributed by atoms with Crippen LogP contribution < -0.4 is 0 Å². The van der Waals surface area contributed by atoms with Gasteiger partial charge in [0.1, 0.15) is 5.82 Å². The van der Waals surface area contributed by atoms with E-state index >= 15 is 0 Å². The maximum Gasteiger partial charge on any atom is 0.281 e. The number of benzene rings is 1. The van der Waals surface area contributed by atoms with Crippen molar-refractivity contribution in [3.8, 4) is 0 Å². The van der Waals surface area contributed by atoms with E-state index in [1.807, 2.05) is 0 Å². The third kappa shape index (κ3) is 2.29. The van der Waals surface area contributed by atoms with Crippen molar-refractivity contribution >= 4 is 0 Å². The summed E-state index contributed by atoms with van der Waals surface area (Å²) in [5.41, 5.74) is -1.28. The summed E-state index contributed by atoms with van der Waals surface area (Å²) >= 11 is 0. The fraction of sp³-hybridized carbons (Fsp3) is 0.364.